The minimum atomic E-state index is -4.31. The summed E-state index contributed by atoms with van der Waals surface area (Å²) in [5.74, 6) is -0.200. The number of hydrogen-bond acceptors (Lipinski definition) is 6. The number of nitrogens with two attached hydrogens (primary N) is 1. The topological polar surface area (TPSA) is 131 Å². The highest BCUT2D eigenvalue weighted by Crippen LogP contribution is 2.43. The molecule has 0 fully saturated rings. The highest BCUT2D eigenvalue weighted by molar-refractivity contribution is 7.47. The van der Waals surface area contributed by atoms with Crippen LogP contribution in [0, 0.1) is 0 Å². The van der Waals surface area contributed by atoms with Gasteiger partial charge in [-0.25, -0.2) is 4.57 Å². The molecule has 0 aromatic rings. The first kappa shape index (κ1) is 38.2. The van der Waals surface area contributed by atoms with Gasteiger partial charge in [0.1, 0.15) is 0 Å². The Morgan fingerprint density at radius 3 is 1.82 bits per heavy atom. The molecule has 0 heterocycles. The fourth-order valence-electron chi connectivity index (χ4n) is 4.42. The Bertz CT molecular complexity index is 635. The molecule has 39 heavy (non-hydrogen) atoms. The monoisotopic (exact) mass is 576 g/mol. The summed E-state index contributed by atoms with van der Waals surface area (Å²) in [7, 11) is -4.31. The number of hydrogen-bond donors (Lipinski definition) is 4. The third-order valence-electron chi connectivity index (χ3n) is 6.86. The van der Waals surface area contributed by atoms with Crippen molar-refractivity contribution in [2.75, 3.05) is 19.8 Å². The van der Waals surface area contributed by atoms with Crippen molar-refractivity contribution in [1.82, 2.24) is 5.32 Å². The van der Waals surface area contributed by atoms with Crippen LogP contribution in [0.1, 0.15) is 142 Å². The molecule has 0 aliphatic carbocycles. The van der Waals surface area contributed by atoms with Gasteiger partial charge in [-0.05, 0) is 19.3 Å². The van der Waals surface area contributed by atoms with Crippen LogP contribution in [0.5, 0.6) is 0 Å². The van der Waals surface area contributed by atoms with Crippen molar-refractivity contribution in [3.63, 3.8) is 0 Å². The molecule has 0 aliphatic rings. The molecule has 3 atom stereocenters. The Balaban J connectivity index is 4.33. The Labute approximate surface area is 239 Å². The van der Waals surface area contributed by atoms with Crippen LogP contribution in [0.4, 0.5) is 0 Å². The van der Waals surface area contributed by atoms with Gasteiger partial charge in [-0.2, -0.15) is 0 Å². The summed E-state index contributed by atoms with van der Waals surface area (Å²) in [6.07, 6.45) is 25.5. The zero-order chi connectivity index (χ0) is 29.0. The highest BCUT2D eigenvalue weighted by atomic mass is 31.2. The summed E-state index contributed by atoms with van der Waals surface area (Å²) in [6.45, 7) is 4.04. The molecule has 0 radical (unpaired) electrons. The van der Waals surface area contributed by atoms with E-state index in [4.69, 9.17) is 14.8 Å². The van der Waals surface area contributed by atoms with E-state index in [0.29, 0.717) is 6.42 Å². The number of allylic oxidation sites excluding steroid dienone is 1. The van der Waals surface area contributed by atoms with E-state index < -0.39 is 20.0 Å². The SMILES string of the molecule is CCCCCCC/C=C/C(O)C(COP(=O)(O)OCCN)NC(=O)CCCCCCCCCCCCCCC. The number of rotatable bonds is 29. The summed E-state index contributed by atoms with van der Waals surface area (Å²) in [4.78, 5) is 22.4. The van der Waals surface area contributed by atoms with E-state index in [9.17, 15) is 19.4 Å². The zero-order valence-corrected chi connectivity index (χ0v) is 26.0. The number of amides is 1. The summed E-state index contributed by atoms with van der Waals surface area (Å²) in [5.41, 5.74) is 5.32. The van der Waals surface area contributed by atoms with Crippen LogP contribution < -0.4 is 11.1 Å². The third-order valence-corrected chi connectivity index (χ3v) is 7.85. The molecule has 1 amide bonds. The smallest absolute Gasteiger partial charge is 0.387 e. The van der Waals surface area contributed by atoms with Crippen LogP contribution >= 0.6 is 7.82 Å². The number of carbonyl (C=O) groups is 1. The van der Waals surface area contributed by atoms with Gasteiger partial charge in [-0.3, -0.25) is 13.8 Å². The van der Waals surface area contributed by atoms with Crippen LogP contribution in [0.3, 0.4) is 0 Å². The summed E-state index contributed by atoms with van der Waals surface area (Å²) < 4.78 is 21.8. The van der Waals surface area contributed by atoms with Crippen molar-refractivity contribution in [1.29, 1.82) is 0 Å². The lowest BCUT2D eigenvalue weighted by Crippen LogP contribution is -2.45. The maximum Gasteiger partial charge on any atom is 0.472 e. The average Bonchev–Trinajstić information content (AvgIpc) is 2.91. The van der Waals surface area contributed by atoms with Crippen molar-refractivity contribution in [2.45, 2.75) is 154 Å². The first-order chi connectivity index (χ1) is 18.9. The molecule has 0 saturated carbocycles. The number of phosphoric acid groups is 1. The molecular formula is C30H61N2O6P. The van der Waals surface area contributed by atoms with Crippen LogP contribution in [-0.4, -0.2) is 47.8 Å². The average molecular weight is 577 g/mol. The lowest BCUT2D eigenvalue weighted by molar-refractivity contribution is -0.123. The maximum absolute atomic E-state index is 12.6. The van der Waals surface area contributed by atoms with Gasteiger partial charge in [0.15, 0.2) is 0 Å². The van der Waals surface area contributed by atoms with Crippen LogP contribution in [-0.2, 0) is 18.4 Å². The van der Waals surface area contributed by atoms with Gasteiger partial charge >= 0.3 is 7.82 Å². The van der Waals surface area contributed by atoms with Crippen molar-refractivity contribution in [3.05, 3.63) is 12.2 Å². The molecule has 0 rings (SSSR count). The van der Waals surface area contributed by atoms with Gasteiger partial charge in [0.05, 0.1) is 25.4 Å². The van der Waals surface area contributed by atoms with E-state index in [1.807, 2.05) is 6.08 Å². The van der Waals surface area contributed by atoms with Gasteiger partial charge in [0.25, 0.3) is 0 Å². The lowest BCUT2D eigenvalue weighted by atomic mass is 10.0. The zero-order valence-electron chi connectivity index (χ0n) is 25.1. The number of aliphatic hydroxyl groups is 1. The standard InChI is InChI=1S/C30H61N2O6P/c1-3-5-7-9-11-12-13-14-15-16-18-20-22-24-30(34)32-28(27-38-39(35,36)37-26-25-31)29(33)23-21-19-17-10-8-6-4-2/h21,23,28-29,33H,3-20,22,24-27,31H2,1-2H3,(H,32,34)(H,35,36)/b23-21+. The number of phosphoric ester groups is 1. The molecule has 5 N–H and O–H groups in total. The van der Waals surface area contributed by atoms with E-state index >= 15 is 0 Å². The van der Waals surface area contributed by atoms with E-state index in [0.717, 1.165) is 38.5 Å². The molecular weight excluding hydrogens is 515 g/mol. The molecule has 0 aliphatic heterocycles. The molecule has 0 bridgehead atoms. The fraction of sp³-hybridized carbons (Fsp3) is 0.900. The first-order valence-corrected chi connectivity index (χ1v) is 17.3. The van der Waals surface area contributed by atoms with Gasteiger partial charge in [0, 0.05) is 13.0 Å². The minimum absolute atomic E-state index is 0.0802. The number of aliphatic hydroxyl groups excluding tert-OH is 1. The van der Waals surface area contributed by atoms with Gasteiger partial charge in [-0.15, -0.1) is 0 Å². The maximum atomic E-state index is 12.6. The molecule has 0 spiro atoms. The van der Waals surface area contributed by atoms with Gasteiger partial charge in [0.2, 0.25) is 5.91 Å². The van der Waals surface area contributed by atoms with Crippen molar-refractivity contribution in [2.24, 2.45) is 5.73 Å². The second kappa shape index (κ2) is 27.4. The molecule has 8 nitrogen and oxygen atoms in total. The van der Waals surface area contributed by atoms with E-state index in [2.05, 4.69) is 19.2 Å². The van der Waals surface area contributed by atoms with Crippen molar-refractivity contribution >= 4 is 13.7 Å². The Kier molecular flexibility index (Phi) is 26.9. The third kappa shape index (κ3) is 25.9. The second-order valence-corrected chi connectivity index (χ2v) is 12.1. The first-order valence-electron chi connectivity index (χ1n) is 15.8. The van der Waals surface area contributed by atoms with Crippen molar-refractivity contribution in [3.8, 4) is 0 Å². The predicted octanol–water partition coefficient (Wildman–Crippen LogP) is 7.32. The second-order valence-electron chi connectivity index (χ2n) is 10.7. The van der Waals surface area contributed by atoms with Gasteiger partial charge < -0.3 is 21.1 Å². The van der Waals surface area contributed by atoms with Crippen molar-refractivity contribution < 1.29 is 28.4 Å². The molecule has 3 unspecified atom stereocenters. The molecule has 9 heteroatoms. The summed E-state index contributed by atoms with van der Waals surface area (Å²) in [6, 6.07) is -0.849. The number of carbonyl (C=O) groups excluding carboxylic acids is 1. The number of unbranched alkanes of at least 4 members (excludes halogenated alkanes) is 17. The fourth-order valence-corrected chi connectivity index (χ4v) is 5.18. The molecule has 0 aromatic carbocycles. The predicted molar refractivity (Wildman–Crippen MR) is 162 cm³/mol. The normalized spacial score (nSPS) is 14.9. The summed E-state index contributed by atoms with van der Waals surface area (Å²) in [5, 5.41) is 13.4. The van der Waals surface area contributed by atoms with Crippen LogP contribution in [0.2, 0.25) is 0 Å². The Morgan fingerprint density at radius 2 is 1.31 bits per heavy atom. The van der Waals surface area contributed by atoms with E-state index in [1.165, 1.54) is 83.5 Å². The highest BCUT2D eigenvalue weighted by Gasteiger charge is 2.26. The lowest BCUT2D eigenvalue weighted by Gasteiger charge is -2.23. The largest absolute Gasteiger partial charge is 0.472 e. The quantitative estimate of drug-likeness (QED) is 0.0417. The summed E-state index contributed by atoms with van der Waals surface area (Å²) >= 11 is 0. The Morgan fingerprint density at radius 1 is 0.821 bits per heavy atom. The molecule has 232 valence electrons. The minimum Gasteiger partial charge on any atom is -0.387 e. The number of nitrogens with one attached hydrogen (secondary N) is 1. The van der Waals surface area contributed by atoms with E-state index in [1.54, 1.807) is 6.08 Å². The van der Waals surface area contributed by atoms with Gasteiger partial charge in [-0.1, -0.05) is 129 Å². The van der Waals surface area contributed by atoms with Crippen LogP contribution in [0.15, 0.2) is 12.2 Å². The Hall–Kier alpha value is -0.760. The van der Waals surface area contributed by atoms with E-state index in [-0.39, 0.29) is 25.7 Å². The molecule has 0 aromatic heterocycles. The molecule has 0 saturated heterocycles. The van der Waals surface area contributed by atoms with Crippen LogP contribution in [0.25, 0.3) is 0 Å².